The number of rotatable bonds is 5. The van der Waals surface area contributed by atoms with Gasteiger partial charge in [0.2, 0.25) is 0 Å². The Bertz CT molecular complexity index is 408. The number of anilines is 1. The molecule has 0 bridgehead atoms. The number of nitrogens with zero attached hydrogens (tertiary/aromatic N) is 2. The minimum absolute atomic E-state index is 0.516. The fraction of sp³-hybridized carbons (Fsp3) is 0.500. The van der Waals surface area contributed by atoms with Crippen LogP contribution in [0.5, 0.6) is 0 Å². The van der Waals surface area contributed by atoms with Gasteiger partial charge < -0.3 is 10.2 Å². The molecule has 0 heterocycles. The van der Waals surface area contributed by atoms with Crippen molar-refractivity contribution < 1.29 is 0 Å². The Morgan fingerprint density at radius 3 is 2.53 bits per heavy atom. The molecule has 0 fully saturated rings. The van der Waals surface area contributed by atoms with E-state index in [0.29, 0.717) is 6.54 Å². The van der Waals surface area contributed by atoms with Crippen molar-refractivity contribution in [3.8, 4) is 6.07 Å². The Hall–Kier alpha value is -1.53. The highest BCUT2D eigenvalue weighted by molar-refractivity contribution is 5.53. The van der Waals surface area contributed by atoms with Crippen LogP contribution in [0, 0.1) is 18.3 Å². The van der Waals surface area contributed by atoms with E-state index in [4.69, 9.17) is 0 Å². The standard InChI is InChI=1S/C14H21N3/c1-5-17(11-14(3,10-15)16-4)13-9-7-6-8-12(13)2/h6-9,16H,5,11H2,1-4H3. The normalized spacial score (nSPS) is 13.8. The van der Waals surface area contributed by atoms with E-state index in [9.17, 15) is 5.26 Å². The first kappa shape index (κ1) is 13.5. The summed E-state index contributed by atoms with van der Waals surface area (Å²) in [5.74, 6) is 0. The summed E-state index contributed by atoms with van der Waals surface area (Å²) < 4.78 is 0. The molecule has 92 valence electrons. The number of nitriles is 1. The van der Waals surface area contributed by atoms with Crippen molar-refractivity contribution in [3.63, 3.8) is 0 Å². The van der Waals surface area contributed by atoms with Crippen LogP contribution in [0.2, 0.25) is 0 Å². The SMILES string of the molecule is CCN(CC(C)(C#N)NC)c1ccccc1C. The largest absolute Gasteiger partial charge is 0.369 e. The van der Waals surface area contributed by atoms with Crippen LogP contribution >= 0.6 is 0 Å². The predicted molar refractivity (Wildman–Crippen MR) is 72.1 cm³/mol. The van der Waals surface area contributed by atoms with Crippen LogP contribution in [0.1, 0.15) is 19.4 Å². The van der Waals surface area contributed by atoms with Gasteiger partial charge in [-0.15, -0.1) is 0 Å². The number of aryl methyl sites for hydroxylation is 1. The van der Waals surface area contributed by atoms with E-state index in [2.05, 4.69) is 42.3 Å². The molecule has 1 N–H and O–H groups in total. The van der Waals surface area contributed by atoms with Crippen LogP contribution in [-0.4, -0.2) is 25.7 Å². The van der Waals surface area contributed by atoms with Gasteiger partial charge in [0.25, 0.3) is 0 Å². The van der Waals surface area contributed by atoms with Crippen LogP contribution < -0.4 is 10.2 Å². The van der Waals surface area contributed by atoms with Gasteiger partial charge in [-0.1, -0.05) is 18.2 Å². The molecule has 0 aliphatic carbocycles. The molecule has 0 aliphatic rings. The smallest absolute Gasteiger partial charge is 0.121 e. The van der Waals surface area contributed by atoms with E-state index in [1.165, 1.54) is 11.3 Å². The third-order valence-electron chi connectivity index (χ3n) is 3.14. The Balaban J connectivity index is 2.95. The highest BCUT2D eigenvalue weighted by Gasteiger charge is 2.24. The molecular formula is C14H21N3. The number of hydrogen-bond donors (Lipinski definition) is 1. The molecule has 0 radical (unpaired) electrons. The van der Waals surface area contributed by atoms with Gasteiger partial charge in [0.15, 0.2) is 0 Å². The van der Waals surface area contributed by atoms with E-state index in [1.54, 1.807) is 0 Å². The maximum Gasteiger partial charge on any atom is 0.121 e. The molecule has 0 aliphatic heterocycles. The Labute approximate surface area is 104 Å². The van der Waals surface area contributed by atoms with E-state index in [0.717, 1.165) is 6.54 Å². The van der Waals surface area contributed by atoms with Crippen LogP contribution in [0.25, 0.3) is 0 Å². The average molecular weight is 231 g/mol. The number of nitrogens with one attached hydrogen (secondary N) is 1. The van der Waals surface area contributed by atoms with Gasteiger partial charge in [0.1, 0.15) is 5.54 Å². The summed E-state index contributed by atoms with van der Waals surface area (Å²) in [6.45, 7) is 7.71. The summed E-state index contributed by atoms with van der Waals surface area (Å²) in [4.78, 5) is 2.23. The van der Waals surface area contributed by atoms with Crippen molar-refractivity contribution in [3.05, 3.63) is 29.8 Å². The van der Waals surface area contributed by atoms with Gasteiger partial charge in [-0.05, 0) is 39.4 Å². The average Bonchev–Trinajstić information content (AvgIpc) is 2.37. The van der Waals surface area contributed by atoms with Gasteiger partial charge in [-0.3, -0.25) is 0 Å². The summed E-state index contributed by atoms with van der Waals surface area (Å²) in [5, 5.41) is 12.3. The van der Waals surface area contributed by atoms with Crippen molar-refractivity contribution in [1.82, 2.24) is 5.32 Å². The fourth-order valence-electron chi connectivity index (χ4n) is 1.84. The zero-order valence-electron chi connectivity index (χ0n) is 11.1. The van der Waals surface area contributed by atoms with Crippen LogP contribution in [0.4, 0.5) is 5.69 Å². The Morgan fingerprint density at radius 2 is 2.06 bits per heavy atom. The van der Waals surface area contributed by atoms with Crippen molar-refractivity contribution in [2.45, 2.75) is 26.3 Å². The van der Waals surface area contributed by atoms with Crippen LogP contribution in [0.15, 0.2) is 24.3 Å². The first-order valence-electron chi connectivity index (χ1n) is 5.97. The van der Waals surface area contributed by atoms with E-state index < -0.39 is 5.54 Å². The summed E-state index contributed by atoms with van der Waals surface area (Å²) in [7, 11) is 1.83. The topological polar surface area (TPSA) is 39.1 Å². The molecule has 0 saturated heterocycles. The third kappa shape index (κ3) is 3.21. The molecule has 1 aromatic carbocycles. The molecular weight excluding hydrogens is 210 g/mol. The molecule has 17 heavy (non-hydrogen) atoms. The predicted octanol–water partition coefficient (Wildman–Crippen LogP) is 2.32. The van der Waals surface area contributed by atoms with Gasteiger partial charge >= 0.3 is 0 Å². The van der Waals surface area contributed by atoms with Gasteiger partial charge in [-0.25, -0.2) is 0 Å². The second-order valence-electron chi connectivity index (χ2n) is 4.49. The van der Waals surface area contributed by atoms with Gasteiger partial charge in [0, 0.05) is 18.8 Å². The molecule has 3 nitrogen and oxygen atoms in total. The molecule has 1 atom stereocenters. The van der Waals surface area contributed by atoms with Crippen molar-refractivity contribution in [2.24, 2.45) is 0 Å². The Morgan fingerprint density at radius 1 is 1.41 bits per heavy atom. The first-order valence-corrected chi connectivity index (χ1v) is 5.97. The van der Waals surface area contributed by atoms with E-state index in [-0.39, 0.29) is 0 Å². The lowest BCUT2D eigenvalue weighted by Crippen LogP contribution is -2.49. The number of hydrogen-bond acceptors (Lipinski definition) is 3. The maximum absolute atomic E-state index is 9.21. The molecule has 1 rings (SSSR count). The first-order chi connectivity index (χ1) is 8.06. The van der Waals surface area contributed by atoms with E-state index in [1.807, 2.05) is 26.1 Å². The van der Waals surface area contributed by atoms with Crippen LogP contribution in [0.3, 0.4) is 0 Å². The maximum atomic E-state index is 9.21. The zero-order valence-corrected chi connectivity index (χ0v) is 11.1. The number of para-hydroxylation sites is 1. The summed E-state index contributed by atoms with van der Waals surface area (Å²) in [5.41, 5.74) is 1.93. The number of likely N-dealkylation sites (N-methyl/N-ethyl adjacent to an activating group) is 2. The molecule has 3 heteroatoms. The van der Waals surface area contributed by atoms with E-state index >= 15 is 0 Å². The quantitative estimate of drug-likeness (QED) is 0.845. The minimum atomic E-state index is -0.516. The summed E-state index contributed by atoms with van der Waals surface area (Å²) in [6.07, 6.45) is 0. The molecule has 0 amide bonds. The lowest BCUT2D eigenvalue weighted by Gasteiger charge is -2.32. The zero-order chi connectivity index (χ0) is 12.9. The van der Waals surface area contributed by atoms with Crippen molar-refractivity contribution >= 4 is 5.69 Å². The highest BCUT2D eigenvalue weighted by atomic mass is 15.2. The van der Waals surface area contributed by atoms with Crippen LogP contribution in [-0.2, 0) is 0 Å². The van der Waals surface area contributed by atoms with Gasteiger partial charge in [0.05, 0.1) is 6.07 Å². The summed E-state index contributed by atoms with van der Waals surface area (Å²) >= 11 is 0. The molecule has 0 saturated carbocycles. The molecule has 1 aromatic rings. The fourth-order valence-corrected chi connectivity index (χ4v) is 1.84. The third-order valence-corrected chi connectivity index (χ3v) is 3.14. The minimum Gasteiger partial charge on any atom is -0.369 e. The molecule has 0 aromatic heterocycles. The lowest BCUT2D eigenvalue weighted by atomic mass is 10.0. The lowest BCUT2D eigenvalue weighted by molar-refractivity contribution is 0.484. The molecule has 0 spiro atoms. The monoisotopic (exact) mass is 231 g/mol. The number of benzene rings is 1. The van der Waals surface area contributed by atoms with Crippen molar-refractivity contribution in [2.75, 3.05) is 25.0 Å². The molecule has 1 unspecified atom stereocenters. The Kier molecular flexibility index (Phi) is 4.53. The summed E-state index contributed by atoms with van der Waals surface area (Å²) in [6, 6.07) is 10.6. The highest BCUT2D eigenvalue weighted by Crippen LogP contribution is 2.21. The second-order valence-corrected chi connectivity index (χ2v) is 4.49. The van der Waals surface area contributed by atoms with Gasteiger partial charge in [-0.2, -0.15) is 5.26 Å². The van der Waals surface area contributed by atoms with Crippen molar-refractivity contribution in [1.29, 1.82) is 5.26 Å². The second kappa shape index (κ2) is 5.70.